The van der Waals surface area contributed by atoms with Crippen LogP contribution in [0, 0.1) is 0 Å². The molecule has 12 heavy (non-hydrogen) atoms. The molecule has 0 aromatic carbocycles. The molecule has 0 atom stereocenters. The first kappa shape index (κ1) is 14.2. The van der Waals surface area contributed by atoms with E-state index in [1.165, 1.54) is 13.8 Å². The highest BCUT2D eigenvalue weighted by Gasteiger charge is 1.88. The van der Waals surface area contributed by atoms with Gasteiger partial charge in [-0.1, -0.05) is 13.3 Å². The SMILES string of the molecule is CC(=O)Br.CCCCOC(C)=O. The molecule has 0 aliphatic carbocycles. The van der Waals surface area contributed by atoms with E-state index >= 15 is 0 Å². The molecule has 3 nitrogen and oxygen atoms in total. The molecule has 0 radical (unpaired) electrons. The third kappa shape index (κ3) is 33.5. The van der Waals surface area contributed by atoms with E-state index < -0.39 is 0 Å². The molecule has 0 N–H and O–H groups in total. The van der Waals surface area contributed by atoms with Crippen LogP contribution < -0.4 is 0 Å². The van der Waals surface area contributed by atoms with Crippen molar-refractivity contribution in [3.05, 3.63) is 0 Å². The number of esters is 1. The molecular weight excluding hydrogens is 224 g/mol. The first-order chi connectivity index (χ1) is 5.50. The van der Waals surface area contributed by atoms with Crippen LogP contribution in [0.4, 0.5) is 0 Å². The van der Waals surface area contributed by atoms with Gasteiger partial charge in [0.25, 0.3) is 0 Å². The van der Waals surface area contributed by atoms with Crippen LogP contribution in [0.15, 0.2) is 0 Å². The van der Waals surface area contributed by atoms with Gasteiger partial charge in [-0.05, 0) is 22.4 Å². The van der Waals surface area contributed by atoms with Crippen LogP contribution in [-0.2, 0) is 14.3 Å². The molecule has 0 fully saturated rings. The summed E-state index contributed by atoms with van der Waals surface area (Å²) in [5.41, 5.74) is 0. The Labute approximate surface area is 81.6 Å². The number of carbonyl (C=O) groups excluding carboxylic acids is 2. The molecule has 0 amide bonds. The predicted octanol–water partition coefficient (Wildman–Crippen LogP) is 2.28. The second-order valence-corrected chi connectivity index (χ2v) is 3.28. The summed E-state index contributed by atoms with van der Waals surface area (Å²) in [5.74, 6) is -0.182. The highest BCUT2D eigenvalue weighted by molar-refractivity contribution is 9.18. The summed E-state index contributed by atoms with van der Waals surface area (Å²) in [6, 6.07) is 0. The van der Waals surface area contributed by atoms with Crippen molar-refractivity contribution >= 4 is 26.6 Å². The van der Waals surface area contributed by atoms with Gasteiger partial charge >= 0.3 is 5.97 Å². The third-order valence-electron chi connectivity index (χ3n) is 0.803. The lowest BCUT2D eigenvalue weighted by molar-refractivity contribution is -0.141. The molecule has 0 unspecified atom stereocenters. The maximum absolute atomic E-state index is 10.1. The summed E-state index contributed by atoms with van der Waals surface area (Å²) >= 11 is 2.63. The molecule has 72 valence electrons. The zero-order valence-electron chi connectivity index (χ0n) is 7.72. The number of ether oxygens (including phenoxy) is 1. The van der Waals surface area contributed by atoms with Crippen LogP contribution in [0.3, 0.4) is 0 Å². The number of carbonyl (C=O) groups is 2. The number of hydrogen-bond acceptors (Lipinski definition) is 3. The van der Waals surface area contributed by atoms with Crippen LogP contribution in [0.5, 0.6) is 0 Å². The fourth-order valence-corrected chi connectivity index (χ4v) is 0.360. The molecule has 0 bridgehead atoms. The minimum atomic E-state index is -0.182. The van der Waals surface area contributed by atoms with Crippen molar-refractivity contribution < 1.29 is 14.3 Å². The van der Waals surface area contributed by atoms with Gasteiger partial charge in [-0.15, -0.1) is 0 Å². The lowest BCUT2D eigenvalue weighted by Crippen LogP contribution is -1.99. The molecule has 0 heterocycles. The second-order valence-electron chi connectivity index (χ2n) is 2.16. The molecule has 0 rings (SSSR count). The Bertz CT molecular complexity index is 130. The van der Waals surface area contributed by atoms with Crippen molar-refractivity contribution in [3.63, 3.8) is 0 Å². The van der Waals surface area contributed by atoms with Gasteiger partial charge in [0.2, 0.25) is 0 Å². The van der Waals surface area contributed by atoms with E-state index in [9.17, 15) is 9.59 Å². The summed E-state index contributed by atoms with van der Waals surface area (Å²) in [6.07, 6.45) is 2.05. The summed E-state index contributed by atoms with van der Waals surface area (Å²) in [7, 11) is 0. The molecule has 0 aromatic heterocycles. The van der Waals surface area contributed by atoms with Gasteiger partial charge in [0.05, 0.1) is 6.61 Å². The van der Waals surface area contributed by atoms with Gasteiger partial charge in [-0.25, -0.2) is 0 Å². The molecule has 0 saturated heterocycles. The third-order valence-corrected chi connectivity index (χ3v) is 0.803. The van der Waals surface area contributed by atoms with Crippen LogP contribution in [0.25, 0.3) is 0 Å². The van der Waals surface area contributed by atoms with Crippen molar-refractivity contribution in [2.24, 2.45) is 0 Å². The Hall–Kier alpha value is -0.380. The number of hydrogen-bond donors (Lipinski definition) is 0. The first-order valence-corrected chi connectivity index (χ1v) is 4.59. The van der Waals surface area contributed by atoms with Crippen molar-refractivity contribution in [2.45, 2.75) is 33.6 Å². The number of unbranched alkanes of at least 4 members (excludes halogenated alkanes) is 1. The van der Waals surface area contributed by atoms with Gasteiger partial charge in [0.1, 0.15) is 0 Å². The molecule has 0 saturated carbocycles. The van der Waals surface area contributed by atoms with Crippen LogP contribution in [0.2, 0.25) is 0 Å². The Balaban J connectivity index is 0. The normalized spacial score (nSPS) is 8.00. The number of halogens is 1. The lowest BCUT2D eigenvalue weighted by Gasteiger charge is -1.96. The van der Waals surface area contributed by atoms with E-state index in [1.807, 2.05) is 0 Å². The number of rotatable bonds is 3. The van der Waals surface area contributed by atoms with E-state index in [4.69, 9.17) is 0 Å². The van der Waals surface area contributed by atoms with Crippen LogP contribution in [-0.4, -0.2) is 17.3 Å². The monoisotopic (exact) mass is 238 g/mol. The van der Waals surface area contributed by atoms with E-state index in [0.29, 0.717) is 6.61 Å². The van der Waals surface area contributed by atoms with Gasteiger partial charge in [0.15, 0.2) is 4.69 Å². The van der Waals surface area contributed by atoms with Crippen molar-refractivity contribution in [1.82, 2.24) is 0 Å². The fraction of sp³-hybridized carbons (Fsp3) is 0.750. The average molecular weight is 239 g/mol. The molecule has 0 aliphatic rings. The lowest BCUT2D eigenvalue weighted by atomic mass is 10.4. The average Bonchev–Trinajstić information content (AvgIpc) is 1.86. The van der Waals surface area contributed by atoms with Crippen LogP contribution in [0.1, 0.15) is 33.6 Å². The van der Waals surface area contributed by atoms with Gasteiger partial charge in [0, 0.05) is 13.8 Å². The van der Waals surface area contributed by atoms with E-state index in [2.05, 4.69) is 27.6 Å². The predicted molar refractivity (Wildman–Crippen MR) is 51.1 cm³/mol. The summed E-state index contributed by atoms with van der Waals surface area (Å²) < 4.78 is 4.62. The van der Waals surface area contributed by atoms with Crippen molar-refractivity contribution in [2.75, 3.05) is 6.61 Å². The van der Waals surface area contributed by atoms with Gasteiger partial charge in [-0.2, -0.15) is 0 Å². The standard InChI is InChI=1S/C6H12O2.C2H3BrO/c1-3-4-5-8-6(2)7;1-2(3)4/h3-5H2,1-2H3;1H3. The summed E-state index contributed by atoms with van der Waals surface area (Å²) in [6.45, 7) is 5.50. The van der Waals surface area contributed by atoms with Gasteiger partial charge in [-0.3, -0.25) is 9.59 Å². The molecule has 4 heteroatoms. The van der Waals surface area contributed by atoms with Crippen LogP contribution >= 0.6 is 15.9 Å². The zero-order valence-corrected chi connectivity index (χ0v) is 9.31. The fourth-order valence-electron chi connectivity index (χ4n) is 0.360. The second kappa shape index (κ2) is 10.6. The highest BCUT2D eigenvalue weighted by Crippen LogP contribution is 1.86. The van der Waals surface area contributed by atoms with E-state index in [0.717, 1.165) is 12.8 Å². The highest BCUT2D eigenvalue weighted by atomic mass is 79.9. The zero-order chi connectivity index (χ0) is 9.98. The smallest absolute Gasteiger partial charge is 0.302 e. The Morgan fingerprint density at radius 3 is 2.00 bits per heavy atom. The first-order valence-electron chi connectivity index (χ1n) is 3.80. The quantitative estimate of drug-likeness (QED) is 0.431. The largest absolute Gasteiger partial charge is 0.466 e. The summed E-state index contributed by atoms with van der Waals surface area (Å²) in [5, 5.41) is 0. The maximum atomic E-state index is 10.1. The van der Waals surface area contributed by atoms with E-state index in [-0.39, 0.29) is 10.7 Å². The van der Waals surface area contributed by atoms with Gasteiger partial charge < -0.3 is 4.74 Å². The minimum Gasteiger partial charge on any atom is -0.466 e. The van der Waals surface area contributed by atoms with Crippen molar-refractivity contribution in [3.8, 4) is 0 Å². The Morgan fingerprint density at radius 1 is 1.33 bits per heavy atom. The topological polar surface area (TPSA) is 43.4 Å². The molecular formula is C8H15BrO3. The Kier molecular flexibility index (Phi) is 12.5. The summed E-state index contributed by atoms with van der Waals surface area (Å²) in [4.78, 5) is 19.5. The van der Waals surface area contributed by atoms with E-state index in [1.54, 1.807) is 0 Å². The Morgan fingerprint density at radius 2 is 1.75 bits per heavy atom. The van der Waals surface area contributed by atoms with Crippen molar-refractivity contribution in [1.29, 1.82) is 0 Å². The molecule has 0 spiro atoms. The minimum absolute atomic E-state index is 0.0208. The maximum Gasteiger partial charge on any atom is 0.302 e. The molecule has 0 aromatic rings. The molecule has 0 aliphatic heterocycles.